The van der Waals surface area contributed by atoms with Gasteiger partial charge in [-0.1, -0.05) is 18.9 Å². The molecule has 0 N–H and O–H groups in total. The van der Waals surface area contributed by atoms with Gasteiger partial charge in [0.15, 0.2) is 0 Å². The summed E-state index contributed by atoms with van der Waals surface area (Å²) in [6.07, 6.45) is 10.5. The summed E-state index contributed by atoms with van der Waals surface area (Å²) in [5, 5.41) is 0. The normalized spacial score (nSPS) is 12.9. The topological polar surface area (TPSA) is 18.5 Å². The zero-order valence-electron chi connectivity index (χ0n) is 11.7. The van der Waals surface area contributed by atoms with Gasteiger partial charge in [0.25, 0.3) is 0 Å². The second kappa shape index (κ2) is 8.38. The number of unbranched alkanes of at least 4 members (excludes halogenated alkanes) is 2. The second-order valence-electron chi connectivity index (χ2n) is 5.24. The number of hydrogen-bond donors (Lipinski definition) is 0. The average Bonchev–Trinajstić information content (AvgIpc) is 2.21. The molecular weight excluding hydrogens is 228 g/mol. The molecule has 0 aliphatic rings. The summed E-state index contributed by atoms with van der Waals surface area (Å²) in [5.41, 5.74) is 0. The molecule has 0 spiro atoms. The van der Waals surface area contributed by atoms with Gasteiger partial charge < -0.3 is 9.16 Å². The Kier molecular flexibility index (Phi) is 8.02. The fourth-order valence-corrected chi connectivity index (χ4v) is 2.55. The maximum Gasteiger partial charge on any atom is 0.241 e. The Balaban J connectivity index is 3.53. The third-order valence-corrected chi connectivity index (χ3v) is 3.24. The van der Waals surface area contributed by atoms with Crippen molar-refractivity contribution in [1.82, 2.24) is 0 Å². The minimum atomic E-state index is -1.46. The summed E-state index contributed by atoms with van der Waals surface area (Å²) >= 11 is 0. The Labute approximate surface area is 108 Å². The van der Waals surface area contributed by atoms with Gasteiger partial charge in [-0.15, -0.1) is 6.42 Å². The summed E-state index contributed by atoms with van der Waals surface area (Å²) in [6.45, 7) is 10.5. The molecule has 0 saturated heterocycles. The van der Waals surface area contributed by atoms with E-state index in [2.05, 4.69) is 32.1 Å². The molecule has 0 saturated carbocycles. The highest BCUT2D eigenvalue weighted by Crippen LogP contribution is 2.15. The van der Waals surface area contributed by atoms with Gasteiger partial charge in [0.05, 0.1) is 5.76 Å². The monoisotopic (exact) mass is 254 g/mol. The van der Waals surface area contributed by atoms with Gasteiger partial charge in [-0.25, -0.2) is 0 Å². The van der Waals surface area contributed by atoms with Crippen LogP contribution in [-0.4, -0.2) is 21.5 Å². The van der Waals surface area contributed by atoms with Crippen molar-refractivity contribution in [1.29, 1.82) is 0 Å². The Bertz CT molecular complexity index is 260. The zero-order valence-corrected chi connectivity index (χ0v) is 12.7. The predicted octanol–water partition coefficient (Wildman–Crippen LogP) is 3.95. The minimum Gasteiger partial charge on any atom is -0.548 e. The van der Waals surface area contributed by atoms with E-state index in [1.54, 1.807) is 7.11 Å². The molecule has 0 aromatic carbocycles. The lowest BCUT2D eigenvalue weighted by atomic mass is 10.1. The van der Waals surface area contributed by atoms with Gasteiger partial charge in [0.2, 0.25) is 8.32 Å². The van der Waals surface area contributed by atoms with Gasteiger partial charge in [-0.3, -0.25) is 0 Å². The van der Waals surface area contributed by atoms with Crippen LogP contribution in [0.1, 0.15) is 32.1 Å². The van der Waals surface area contributed by atoms with Crippen LogP contribution < -0.4 is 0 Å². The summed E-state index contributed by atoms with van der Waals surface area (Å²) in [7, 11) is 0.197. The van der Waals surface area contributed by atoms with Crippen molar-refractivity contribution in [3.8, 4) is 12.3 Å². The number of hydrogen-bond acceptors (Lipinski definition) is 2. The first-order chi connectivity index (χ1) is 7.89. The third-order valence-electron chi connectivity index (χ3n) is 2.34. The fraction of sp³-hybridized carbons (Fsp3) is 0.714. The van der Waals surface area contributed by atoms with Crippen LogP contribution >= 0.6 is 0 Å². The van der Waals surface area contributed by atoms with Crippen molar-refractivity contribution in [2.45, 2.75) is 57.8 Å². The van der Waals surface area contributed by atoms with Crippen LogP contribution in [0.5, 0.6) is 0 Å². The molecule has 0 aromatic rings. The van der Waals surface area contributed by atoms with Crippen LogP contribution in [0.4, 0.5) is 0 Å². The molecule has 1 unspecified atom stereocenters. The van der Waals surface area contributed by atoms with E-state index in [9.17, 15) is 0 Å². The van der Waals surface area contributed by atoms with Crippen molar-refractivity contribution >= 4 is 8.32 Å². The first-order valence-corrected chi connectivity index (χ1v) is 9.65. The largest absolute Gasteiger partial charge is 0.548 e. The highest BCUT2D eigenvalue weighted by atomic mass is 28.4. The first-order valence-electron chi connectivity index (χ1n) is 6.24. The van der Waals surface area contributed by atoms with E-state index >= 15 is 0 Å². The molecule has 0 heterocycles. The Morgan fingerprint density at radius 3 is 2.41 bits per heavy atom. The molecule has 17 heavy (non-hydrogen) atoms. The number of allylic oxidation sites excluding steroid dienone is 1. The predicted molar refractivity (Wildman–Crippen MR) is 76.3 cm³/mol. The van der Waals surface area contributed by atoms with Crippen LogP contribution in [0.2, 0.25) is 19.6 Å². The molecule has 0 rings (SSSR count). The standard InChI is InChI=1S/C14H26O2Si/c1-7-14(15-3)12-10-8-9-11-13(2)16-17(4,5)6/h1,14H,2,8-12H2,3-6H3. The molecule has 0 amide bonds. The van der Waals surface area contributed by atoms with Crippen LogP contribution in [-0.2, 0) is 9.16 Å². The smallest absolute Gasteiger partial charge is 0.241 e. The molecule has 3 heteroatoms. The van der Waals surface area contributed by atoms with Crippen LogP contribution in [0.25, 0.3) is 0 Å². The SMILES string of the molecule is C#CC(CCCCCC(=C)O[Si](C)(C)C)OC. The summed E-state index contributed by atoms with van der Waals surface area (Å²) in [4.78, 5) is 0. The second-order valence-corrected chi connectivity index (χ2v) is 9.67. The van der Waals surface area contributed by atoms with Crippen molar-refractivity contribution in [3.05, 3.63) is 12.3 Å². The van der Waals surface area contributed by atoms with E-state index in [0.29, 0.717) is 0 Å². The van der Waals surface area contributed by atoms with Gasteiger partial charge in [0.1, 0.15) is 6.10 Å². The van der Waals surface area contributed by atoms with E-state index in [0.717, 1.165) is 37.9 Å². The molecule has 2 nitrogen and oxygen atoms in total. The maximum atomic E-state index is 5.80. The maximum absolute atomic E-state index is 5.80. The van der Waals surface area contributed by atoms with Gasteiger partial charge in [-0.05, 0) is 38.9 Å². The molecular formula is C14H26O2Si. The van der Waals surface area contributed by atoms with E-state index < -0.39 is 8.32 Å². The molecule has 1 atom stereocenters. The molecule has 98 valence electrons. The highest BCUT2D eigenvalue weighted by molar-refractivity contribution is 6.70. The quantitative estimate of drug-likeness (QED) is 0.268. The van der Waals surface area contributed by atoms with Gasteiger partial charge in [-0.2, -0.15) is 0 Å². The van der Waals surface area contributed by atoms with Crippen LogP contribution in [0, 0.1) is 12.3 Å². The van der Waals surface area contributed by atoms with E-state index in [-0.39, 0.29) is 6.10 Å². The Morgan fingerprint density at radius 1 is 1.29 bits per heavy atom. The summed E-state index contributed by atoms with van der Waals surface area (Å²) in [6, 6.07) is 0. The molecule has 0 bridgehead atoms. The Hall–Kier alpha value is -0.723. The lowest BCUT2D eigenvalue weighted by molar-refractivity contribution is 0.138. The number of terminal acetylenes is 1. The van der Waals surface area contributed by atoms with E-state index in [1.165, 1.54) is 0 Å². The van der Waals surface area contributed by atoms with E-state index in [1.807, 2.05) is 0 Å². The zero-order chi connectivity index (χ0) is 13.3. The van der Waals surface area contributed by atoms with E-state index in [4.69, 9.17) is 15.6 Å². The van der Waals surface area contributed by atoms with Crippen LogP contribution in [0.15, 0.2) is 12.3 Å². The van der Waals surface area contributed by atoms with Crippen molar-refractivity contribution in [3.63, 3.8) is 0 Å². The third kappa shape index (κ3) is 10.2. The first kappa shape index (κ1) is 16.3. The number of ether oxygens (including phenoxy) is 1. The lowest BCUT2D eigenvalue weighted by Crippen LogP contribution is -2.24. The van der Waals surface area contributed by atoms with Gasteiger partial charge >= 0.3 is 0 Å². The Morgan fingerprint density at radius 2 is 1.94 bits per heavy atom. The molecule has 0 aromatic heterocycles. The van der Waals surface area contributed by atoms with Crippen molar-refractivity contribution < 1.29 is 9.16 Å². The van der Waals surface area contributed by atoms with Crippen molar-refractivity contribution in [2.75, 3.05) is 7.11 Å². The number of rotatable bonds is 9. The van der Waals surface area contributed by atoms with Crippen LogP contribution in [0.3, 0.4) is 0 Å². The molecule has 0 radical (unpaired) electrons. The highest BCUT2D eigenvalue weighted by Gasteiger charge is 2.16. The molecule has 0 fully saturated rings. The average molecular weight is 254 g/mol. The molecule has 0 aliphatic carbocycles. The summed E-state index contributed by atoms with van der Waals surface area (Å²) < 4.78 is 10.9. The minimum absolute atomic E-state index is 0.0311. The molecule has 0 aliphatic heterocycles. The van der Waals surface area contributed by atoms with Gasteiger partial charge in [0, 0.05) is 13.5 Å². The fourth-order valence-electron chi connectivity index (χ4n) is 1.58. The summed E-state index contributed by atoms with van der Waals surface area (Å²) in [5.74, 6) is 3.56. The lowest BCUT2D eigenvalue weighted by Gasteiger charge is -2.20. The van der Waals surface area contributed by atoms with Crippen molar-refractivity contribution in [2.24, 2.45) is 0 Å². The number of methoxy groups -OCH3 is 1.